The van der Waals surface area contributed by atoms with Crippen LogP contribution in [0.1, 0.15) is 20.3 Å². The number of rotatable bonds is 2. The molecule has 2 heterocycles. The Morgan fingerprint density at radius 2 is 2.12 bits per heavy atom. The lowest BCUT2D eigenvalue weighted by Gasteiger charge is -2.35. The second-order valence-corrected chi connectivity index (χ2v) is 5.03. The molecule has 2 fully saturated rings. The topological polar surface area (TPSA) is 75.7 Å². The number of ether oxygens (including phenoxy) is 1. The molecule has 6 nitrogen and oxygen atoms in total. The molecule has 2 aliphatic heterocycles. The summed E-state index contributed by atoms with van der Waals surface area (Å²) in [5.74, 6) is -0.793. The Hall–Kier alpha value is -1.43. The van der Waals surface area contributed by atoms with E-state index in [0.29, 0.717) is 19.8 Å². The highest BCUT2D eigenvalue weighted by molar-refractivity contribution is 6.18. The van der Waals surface area contributed by atoms with Crippen molar-refractivity contribution in [2.24, 2.45) is 11.3 Å². The number of urea groups is 1. The molecule has 2 aliphatic rings. The van der Waals surface area contributed by atoms with Gasteiger partial charge in [-0.2, -0.15) is 0 Å². The molecular weight excluding hydrogens is 224 g/mol. The highest BCUT2D eigenvalue weighted by Crippen LogP contribution is 2.25. The second-order valence-electron chi connectivity index (χ2n) is 5.03. The van der Waals surface area contributed by atoms with Gasteiger partial charge in [0.25, 0.3) is 0 Å². The Bertz CT molecular complexity index is 372. The number of carbonyl (C=O) groups is 3. The molecular formula is C11H16N2O4. The smallest absolute Gasteiger partial charge is 0.330 e. The van der Waals surface area contributed by atoms with Crippen LogP contribution in [0.15, 0.2) is 0 Å². The number of amides is 4. The number of hydrogen-bond acceptors (Lipinski definition) is 4. The molecule has 0 saturated carbocycles. The summed E-state index contributed by atoms with van der Waals surface area (Å²) in [6.45, 7) is 4.59. The fourth-order valence-electron chi connectivity index (χ4n) is 2.00. The van der Waals surface area contributed by atoms with Crippen LogP contribution in [0, 0.1) is 11.3 Å². The maximum absolute atomic E-state index is 12.1. The summed E-state index contributed by atoms with van der Waals surface area (Å²) in [5.41, 5.74) is -1.17. The minimum Gasteiger partial charge on any atom is -0.381 e. The van der Waals surface area contributed by atoms with E-state index in [-0.39, 0.29) is 5.92 Å². The number of imide groups is 2. The molecule has 2 rings (SSSR count). The number of carbonyl (C=O) groups excluding carboxylic acids is 3. The van der Waals surface area contributed by atoms with E-state index in [1.165, 1.54) is 13.8 Å². The predicted octanol–water partition coefficient (Wildman–Crippen LogP) is 0.127. The normalized spacial score (nSPS) is 28.5. The number of nitrogens with zero attached hydrogens (tertiary/aromatic N) is 1. The van der Waals surface area contributed by atoms with Crippen LogP contribution in [0.3, 0.4) is 0 Å². The Morgan fingerprint density at radius 3 is 2.71 bits per heavy atom. The van der Waals surface area contributed by atoms with Crippen molar-refractivity contribution in [1.29, 1.82) is 0 Å². The van der Waals surface area contributed by atoms with Crippen LogP contribution in [0.5, 0.6) is 0 Å². The minimum atomic E-state index is -1.17. The van der Waals surface area contributed by atoms with Crippen molar-refractivity contribution in [3.63, 3.8) is 0 Å². The zero-order chi connectivity index (χ0) is 12.6. The molecule has 17 heavy (non-hydrogen) atoms. The van der Waals surface area contributed by atoms with Crippen molar-refractivity contribution in [3.8, 4) is 0 Å². The van der Waals surface area contributed by atoms with Gasteiger partial charge in [-0.15, -0.1) is 0 Å². The quantitative estimate of drug-likeness (QED) is 0.696. The molecule has 0 radical (unpaired) electrons. The molecule has 0 spiro atoms. The molecule has 94 valence electrons. The van der Waals surface area contributed by atoms with Crippen molar-refractivity contribution >= 4 is 17.8 Å². The van der Waals surface area contributed by atoms with Gasteiger partial charge in [-0.1, -0.05) is 0 Å². The van der Waals surface area contributed by atoms with Crippen LogP contribution in [0.4, 0.5) is 4.79 Å². The standard InChI is InChI=1S/C11H16N2O4/c1-11(2)8(14)12-10(16)13(9(11)15)5-7-3-4-17-6-7/h7H,3-6H2,1-2H3,(H,12,14,16). The molecule has 6 heteroatoms. The zero-order valence-electron chi connectivity index (χ0n) is 9.99. The maximum Gasteiger partial charge on any atom is 0.330 e. The van der Waals surface area contributed by atoms with E-state index in [2.05, 4.69) is 5.32 Å². The number of hydrogen-bond donors (Lipinski definition) is 1. The third kappa shape index (κ3) is 2.04. The van der Waals surface area contributed by atoms with E-state index in [1.807, 2.05) is 0 Å². The highest BCUT2D eigenvalue weighted by Gasteiger charge is 2.47. The zero-order valence-corrected chi connectivity index (χ0v) is 9.99. The van der Waals surface area contributed by atoms with E-state index in [1.54, 1.807) is 0 Å². The Morgan fingerprint density at radius 1 is 1.41 bits per heavy atom. The van der Waals surface area contributed by atoms with Gasteiger partial charge in [0, 0.05) is 19.1 Å². The van der Waals surface area contributed by atoms with Crippen LogP contribution in [0.25, 0.3) is 0 Å². The van der Waals surface area contributed by atoms with Gasteiger partial charge in [-0.05, 0) is 20.3 Å². The first-order valence-corrected chi connectivity index (χ1v) is 5.68. The number of barbiturate groups is 1. The van der Waals surface area contributed by atoms with Crippen LogP contribution in [-0.2, 0) is 14.3 Å². The largest absolute Gasteiger partial charge is 0.381 e. The summed E-state index contributed by atoms with van der Waals surface area (Å²) in [6.07, 6.45) is 0.839. The van der Waals surface area contributed by atoms with Gasteiger partial charge in [0.2, 0.25) is 11.8 Å². The lowest BCUT2D eigenvalue weighted by Crippen LogP contribution is -2.62. The molecule has 0 bridgehead atoms. The lowest BCUT2D eigenvalue weighted by atomic mass is 9.88. The summed E-state index contributed by atoms with van der Waals surface area (Å²) in [5, 5.41) is 2.21. The van der Waals surface area contributed by atoms with Gasteiger partial charge in [-0.3, -0.25) is 19.8 Å². The third-order valence-electron chi connectivity index (χ3n) is 3.28. The lowest BCUT2D eigenvalue weighted by molar-refractivity contribution is -0.149. The molecule has 1 N–H and O–H groups in total. The van der Waals surface area contributed by atoms with Crippen molar-refractivity contribution in [2.75, 3.05) is 19.8 Å². The summed E-state index contributed by atoms with van der Waals surface area (Å²) in [6, 6.07) is -0.619. The first-order chi connectivity index (χ1) is 7.93. The van der Waals surface area contributed by atoms with Gasteiger partial charge in [-0.25, -0.2) is 4.79 Å². The maximum atomic E-state index is 12.1. The average Bonchev–Trinajstić information content (AvgIpc) is 2.75. The molecule has 2 saturated heterocycles. The van der Waals surface area contributed by atoms with Crippen molar-refractivity contribution < 1.29 is 19.1 Å². The van der Waals surface area contributed by atoms with E-state index in [4.69, 9.17) is 4.74 Å². The van der Waals surface area contributed by atoms with Crippen LogP contribution >= 0.6 is 0 Å². The van der Waals surface area contributed by atoms with Gasteiger partial charge >= 0.3 is 6.03 Å². The van der Waals surface area contributed by atoms with Gasteiger partial charge in [0.15, 0.2) is 0 Å². The molecule has 1 unspecified atom stereocenters. The van der Waals surface area contributed by atoms with E-state index < -0.39 is 23.3 Å². The van der Waals surface area contributed by atoms with Crippen molar-refractivity contribution in [2.45, 2.75) is 20.3 Å². The molecule has 0 aliphatic carbocycles. The second kappa shape index (κ2) is 4.10. The average molecular weight is 240 g/mol. The van der Waals surface area contributed by atoms with Crippen molar-refractivity contribution in [3.05, 3.63) is 0 Å². The molecule has 0 aromatic carbocycles. The number of nitrogens with one attached hydrogen (secondary N) is 1. The SMILES string of the molecule is CC1(C)C(=O)NC(=O)N(CC2CCOC2)C1=O. The molecule has 1 atom stereocenters. The van der Waals surface area contributed by atoms with Crippen LogP contribution < -0.4 is 5.32 Å². The highest BCUT2D eigenvalue weighted by atomic mass is 16.5. The monoisotopic (exact) mass is 240 g/mol. The van der Waals surface area contributed by atoms with E-state index in [9.17, 15) is 14.4 Å². The fraction of sp³-hybridized carbons (Fsp3) is 0.727. The summed E-state index contributed by atoms with van der Waals surface area (Å²) >= 11 is 0. The Labute approximate surface area is 99.3 Å². The fourth-order valence-corrected chi connectivity index (χ4v) is 2.00. The third-order valence-corrected chi connectivity index (χ3v) is 3.28. The van der Waals surface area contributed by atoms with E-state index >= 15 is 0 Å². The summed E-state index contributed by atoms with van der Waals surface area (Å²) < 4.78 is 5.21. The first-order valence-electron chi connectivity index (χ1n) is 5.68. The summed E-state index contributed by atoms with van der Waals surface area (Å²) in [7, 11) is 0. The van der Waals surface area contributed by atoms with Crippen LogP contribution in [-0.4, -0.2) is 42.5 Å². The predicted molar refractivity (Wildman–Crippen MR) is 58.0 cm³/mol. The van der Waals surface area contributed by atoms with Crippen LogP contribution in [0.2, 0.25) is 0 Å². The Balaban J connectivity index is 2.12. The van der Waals surface area contributed by atoms with Gasteiger partial charge in [0.1, 0.15) is 5.41 Å². The molecule has 0 aromatic rings. The first kappa shape index (κ1) is 12.0. The van der Waals surface area contributed by atoms with Gasteiger partial charge < -0.3 is 4.74 Å². The minimum absolute atomic E-state index is 0.175. The summed E-state index contributed by atoms with van der Waals surface area (Å²) in [4.78, 5) is 36.3. The molecule has 4 amide bonds. The molecule has 0 aromatic heterocycles. The Kier molecular flexibility index (Phi) is 2.91. The van der Waals surface area contributed by atoms with Crippen molar-refractivity contribution in [1.82, 2.24) is 10.2 Å². The van der Waals surface area contributed by atoms with E-state index in [0.717, 1.165) is 11.3 Å². The van der Waals surface area contributed by atoms with Gasteiger partial charge in [0.05, 0.1) is 6.61 Å².